The second-order valence-electron chi connectivity index (χ2n) is 8.54. The molecule has 0 amide bonds. The number of hydrogen-bond donors (Lipinski definition) is 0. The minimum atomic E-state index is -0.926. The maximum atomic E-state index is 13.6. The summed E-state index contributed by atoms with van der Waals surface area (Å²) in [5.41, 5.74) is 1.79. The number of hydrogen-bond acceptors (Lipinski definition) is 9. The number of carbonyl (C=O) groups is 1. The summed E-state index contributed by atoms with van der Waals surface area (Å²) in [6.45, 7) is 3.54. The highest BCUT2D eigenvalue weighted by molar-refractivity contribution is 7.07. The third kappa shape index (κ3) is 4.88. The number of esters is 1. The molecule has 11 heteroatoms. The predicted molar refractivity (Wildman–Crippen MR) is 139 cm³/mol. The average Bonchev–Trinajstić information content (AvgIpc) is 3.48. The molecule has 3 heterocycles. The van der Waals surface area contributed by atoms with Crippen molar-refractivity contribution in [1.82, 2.24) is 4.57 Å². The molecule has 3 aromatic rings. The fraction of sp³-hybridized carbons (Fsp3) is 0.222. The van der Waals surface area contributed by atoms with E-state index in [9.17, 15) is 19.7 Å². The SMILES string of the molecule is CCOC(=O)C1=C(C)N=c2sc(=Cc3ccc([N+](=O)[O-])cc3)c(=O)n2C1C1=COC(Cc2ccccc2)O1. The standard InChI is InChI=1S/C27H23N3O7S/c1-3-35-26(32)23-16(2)28-27-29(24(23)20-15-36-22(37-20)14-17-7-5-4-6-8-17)25(31)21(38-27)13-18-9-11-19(12-10-18)30(33)34/h4-13,15,22,24H,3,14H2,1-2H3. The lowest BCUT2D eigenvalue weighted by atomic mass is 10.0. The number of nitro benzene ring substituents is 1. The molecule has 2 unspecified atom stereocenters. The molecule has 0 saturated heterocycles. The van der Waals surface area contributed by atoms with Crippen LogP contribution in [0, 0.1) is 10.1 Å². The number of rotatable bonds is 7. The smallest absolute Gasteiger partial charge is 0.338 e. The average molecular weight is 534 g/mol. The van der Waals surface area contributed by atoms with Gasteiger partial charge in [-0.05, 0) is 43.2 Å². The number of nitrogens with zero attached hydrogens (tertiary/aromatic N) is 3. The van der Waals surface area contributed by atoms with E-state index >= 15 is 0 Å². The van der Waals surface area contributed by atoms with Crippen LogP contribution in [0.25, 0.3) is 6.08 Å². The lowest BCUT2D eigenvalue weighted by molar-refractivity contribution is -0.384. The highest BCUT2D eigenvalue weighted by Gasteiger charge is 2.39. The molecule has 38 heavy (non-hydrogen) atoms. The lowest BCUT2D eigenvalue weighted by Crippen LogP contribution is -2.40. The van der Waals surface area contributed by atoms with Crippen LogP contribution in [0.15, 0.2) is 87.7 Å². The van der Waals surface area contributed by atoms with Crippen molar-refractivity contribution in [1.29, 1.82) is 0 Å². The van der Waals surface area contributed by atoms with Crippen LogP contribution in [0.3, 0.4) is 0 Å². The van der Waals surface area contributed by atoms with E-state index < -0.39 is 23.2 Å². The molecular formula is C27H23N3O7S. The predicted octanol–water partition coefficient (Wildman–Crippen LogP) is 3.12. The Labute approximate surface area is 220 Å². The highest BCUT2D eigenvalue weighted by atomic mass is 32.1. The van der Waals surface area contributed by atoms with Gasteiger partial charge >= 0.3 is 5.97 Å². The van der Waals surface area contributed by atoms with E-state index in [1.807, 2.05) is 30.3 Å². The first-order chi connectivity index (χ1) is 18.4. The third-order valence-corrected chi connectivity index (χ3v) is 7.02. The Morgan fingerprint density at radius 3 is 2.63 bits per heavy atom. The maximum Gasteiger partial charge on any atom is 0.338 e. The summed E-state index contributed by atoms with van der Waals surface area (Å²) in [5.74, 6) is -0.300. The van der Waals surface area contributed by atoms with Crippen LogP contribution in [0.5, 0.6) is 0 Å². The van der Waals surface area contributed by atoms with Gasteiger partial charge < -0.3 is 14.2 Å². The van der Waals surface area contributed by atoms with Crippen LogP contribution in [0.1, 0.15) is 31.0 Å². The Morgan fingerprint density at radius 2 is 1.95 bits per heavy atom. The van der Waals surface area contributed by atoms with E-state index in [2.05, 4.69) is 4.99 Å². The Kier molecular flexibility index (Phi) is 6.93. The molecular weight excluding hydrogens is 510 g/mol. The monoisotopic (exact) mass is 533 g/mol. The molecule has 2 aliphatic rings. The van der Waals surface area contributed by atoms with Crippen molar-refractivity contribution < 1.29 is 23.9 Å². The van der Waals surface area contributed by atoms with Gasteiger partial charge in [-0.25, -0.2) is 9.79 Å². The molecule has 194 valence electrons. The van der Waals surface area contributed by atoms with Crippen molar-refractivity contribution in [3.63, 3.8) is 0 Å². The first-order valence-corrected chi connectivity index (χ1v) is 12.7. The third-order valence-electron chi connectivity index (χ3n) is 6.04. The normalized spacial score (nSPS) is 18.7. The first kappa shape index (κ1) is 25.2. The fourth-order valence-electron chi connectivity index (χ4n) is 4.28. The summed E-state index contributed by atoms with van der Waals surface area (Å²) in [7, 11) is 0. The largest absolute Gasteiger partial charge is 0.463 e. The summed E-state index contributed by atoms with van der Waals surface area (Å²) in [6.07, 6.45) is 2.91. The molecule has 0 bridgehead atoms. The van der Waals surface area contributed by atoms with Gasteiger partial charge in [0.15, 0.2) is 10.6 Å². The van der Waals surface area contributed by atoms with Crippen LogP contribution < -0.4 is 14.9 Å². The van der Waals surface area contributed by atoms with Crippen LogP contribution in [-0.2, 0) is 25.4 Å². The Bertz CT molecular complexity index is 1640. The van der Waals surface area contributed by atoms with E-state index in [1.54, 1.807) is 32.1 Å². The lowest BCUT2D eigenvalue weighted by Gasteiger charge is -2.24. The molecule has 2 aromatic carbocycles. The summed E-state index contributed by atoms with van der Waals surface area (Å²) >= 11 is 1.15. The van der Waals surface area contributed by atoms with Crippen molar-refractivity contribution in [2.45, 2.75) is 32.6 Å². The summed E-state index contributed by atoms with van der Waals surface area (Å²) in [6, 6.07) is 14.6. The van der Waals surface area contributed by atoms with Gasteiger partial charge in [0.05, 0.1) is 27.3 Å². The van der Waals surface area contributed by atoms with Gasteiger partial charge in [0.25, 0.3) is 11.2 Å². The number of ether oxygens (including phenoxy) is 3. The zero-order valence-corrected chi connectivity index (χ0v) is 21.3. The number of nitro groups is 1. The van der Waals surface area contributed by atoms with Crippen molar-refractivity contribution in [2.24, 2.45) is 4.99 Å². The zero-order valence-electron chi connectivity index (χ0n) is 20.5. The van der Waals surface area contributed by atoms with Crippen LogP contribution in [-0.4, -0.2) is 28.4 Å². The number of allylic oxidation sites excluding steroid dienone is 2. The van der Waals surface area contributed by atoms with Gasteiger partial charge in [0, 0.05) is 18.6 Å². The van der Waals surface area contributed by atoms with E-state index in [1.165, 1.54) is 23.0 Å². The summed E-state index contributed by atoms with van der Waals surface area (Å²) < 4.78 is 18.9. The molecule has 0 spiro atoms. The van der Waals surface area contributed by atoms with E-state index in [0.717, 1.165) is 16.9 Å². The van der Waals surface area contributed by atoms with Crippen molar-refractivity contribution >= 4 is 29.1 Å². The first-order valence-electron chi connectivity index (χ1n) is 11.9. The number of non-ortho nitro benzene ring substituents is 1. The Morgan fingerprint density at radius 1 is 1.21 bits per heavy atom. The quantitative estimate of drug-likeness (QED) is 0.260. The molecule has 0 radical (unpaired) electrons. The summed E-state index contributed by atoms with van der Waals surface area (Å²) in [5, 5.41) is 11.0. The Balaban J connectivity index is 1.55. The number of carbonyl (C=O) groups excluding carboxylic acids is 1. The molecule has 5 rings (SSSR count). The molecule has 2 aliphatic heterocycles. The van der Waals surface area contributed by atoms with E-state index in [0.29, 0.717) is 32.8 Å². The maximum absolute atomic E-state index is 13.6. The number of aromatic nitrogens is 1. The number of thiazole rings is 1. The van der Waals surface area contributed by atoms with Gasteiger partial charge in [0.1, 0.15) is 12.3 Å². The van der Waals surface area contributed by atoms with Gasteiger partial charge in [-0.1, -0.05) is 41.7 Å². The topological polar surface area (TPSA) is 122 Å². The minimum absolute atomic E-state index is 0.0475. The van der Waals surface area contributed by atoms with Gasteiger partial charge in [-0.2, -0.15) is 0 Å². The molecule has 0 fully saturated rings. The highest BCUT2D eigenvalue weighted by Crippen LogP contribution is 2.35. The summed E-state index contributed by atoms with van der Waals surface area (Å²) in [4.78, 5) is 42.1. The molecule has 0 saturated carbocycles. The minimum Gasteiger partial charge on any atom is -0.463 e. The number of benzene rings is 2. The van der Waals surface area contributed by atoms with Crippen molar-refractivity contribution in [3.05, 3.63) is 119 Å². The molecule has 0 aliphatic carbocycles. The number of fused-ring (bicyclic) bond motifs is 1. The van der Waals surface area contributed by atoms with E-state index in [-0.39, 0.29) is 23.4 Å². The van der Waals surface area contributed by atoms with Gasteiger partial charge in [-0.3, -0.25) is 19.5 Å². The van der Waals surface area contributed by atoms with Crippen molar-refractivity contribution in [3.8, 4) is 0 Å². The second-order valence-corrected chi connectivity index (χ2v) is 9.55. The zero-order chi connectivity index (χ0) is 26.8. The van der Waals surface area contributed by atoms with Crippen LogP contribution in [0.4, 0.5) is 5.69 Å². The van der Waals surface area contributed by atoms with Crippen LogP contribution >= 0.6 is 11.3 Å². The van der Waals surface area contributed by atoms with E-state index in [4.69, 9.17) is 14.2 Å². The fourth-order valence-corrected chi connectivity index (χ4v) is 5.33. The van der Waals surface area contributed by atoms with Gasteiger partial charge in [0.2, 0.25) is 6.29 Å². The molecule has 2 atom stereocenters. The van der Waals surface area contributed by atoms with Gasteiger partial charge in [-0.15, -0.1) is 0 Å². The molecule has 1 aromatic heterocycles. The molecule has 10 nitrogen and oxygen atoms in total. The Hall–Kier alpha value is -4.51. The second kappa shape index (κ2) is 10.5. The van der Waals surface area contributed by atoms with Crippen LogP contribution in [0.2, 0.25) is 0 Å². The van der Waals surface area contributed by atoms with Crippen molar-refractivity contribution in [2.75, 3.05) is 6.61 Å². The molecule has 0 N–H and O–H groups in total.